The molecule has 5 nitrogen and oxygen atoms in total. The van der Waals surface area contributed by atoms with Crippen LogP contribution in [0, 0.1) is 11.8 Å². The van der Waals surface area contributed by atoms with Gasteiger partial charge in [0.2, 0.25) is 0 Å². The van der Waals surface area contributed by atoms with Gasteiger partial charge < -0.3 is 9.47 Å². The number of ether oxygens (including phenoxy) is 2. The van der Waals surface area contributed by atoms with E-state index < -0.39 is 11.8 Å². The van der Waals surface area contributed by atoms with E-state index in [9.17, 15) is 9.59 Å². The molecule has 0 fully saturated rings. The number of allylic oxidation sites excluding steroid dienone is 2. The average Bonchev–Trinajstić information content (AvgIpc) is 2.53. The van der Waals surface area contributed by atoms with Gasteiger partial charge in [-0.25, -0.2) is 0 Å². The molecule has 2 atom stereocenters. The maximum Gasteiger partial charge on any atom is 0.310 e. The van der Waals surface area contributed by atoms with Crippen LogP contribution < -0.4 is 4.57 Å². The average molecular weight is 276 g/mol. The van der Waals surface area contributed by atoms with Gasteiger partial charge in [-0.1, -0.05) is 6.07 Å². The van der Waals surface area contributed by atoms with Gasteiger partial charge in [-0.15, -0.1) is 0 Å². The molecular formula is C15H18NO4+. The van der Waals surface area contributed by atoms with Crippen LogP contribution in [0.25, 0.3) is 5.70 Å². The summed E-state index contributed by atoms with van der Waals surface area (Å²) in [7, 11) is 2.67. The third kappa shape index (κ3) is 2.87. The first-order valence-corrected chi connectivity index (χ1v) is 6.48. The van der Waals surface area contributed by atoms with Crippen LogP contribution in [0.5, 0.6) is 0 Å². The van der Waals surface area contributed by atoms with Crippen LogP contribution >= 0.6 is 0 Å². The number of methoxy groups -OCH3 is 2. The molecule has 106 valence electrons. The molecule has 1 aliphatic carbocycles. The summed E-state index contributed by atoms with van der Waals surface area (Å²) in [6, 6.07) is 5.76. The van der Waals surface area contributed by atoms with Crippen molar-refractivity contribution in [3.05, 3.63) is 36.7 Å². The molecule has 1 aromatic heterocycles. The van der Waals surface area contributed by atoms with Crippen molar-refractivity contribution in [3.8, 4) is 0 Å². The number of rotatable bonds is 3. The Balaban J connectivity index is 2.27. The van der Waals surface area contributed by atoms with E-state index in [0.29, 0.717) is 12.8 Å². The Kier molecular flexibility index (Phi) is 4.50. The van der Waals surface area contributed by atoms with Crippen LogP contribution in [0.1, 0.15) is 12.8 Å². The molecule has 0 spiro atoms. The van der Waals surface area contributed by atoms with Crippen LogP contribution in [-0.2, 0) is 19.1 Å². The smallest absolute Gasteiger partial charge is 0.310 e. The summed E-state index contributed by atoms with van der Waals surface area (Å²) in [5, 5.41) is 0. The molecule has 0 unspecified atom stereocenters. The van der Waals surface area contributed by atoms with Crippen molar-refractivity contribution in [2.75, 3.05) is 14.2 Å². The van der Waals surface area contributed by atoms with E-state index in [4.69, 9.17) is 9.47 Å². The van der Waals surface area contributed by atoms with E-state index in [1.165, 1.54) is 14.2 Å². The second-order valence-corrected chi connectivity index (χ2v) is 4.68. The van der Waals surface area contributed by atoms with Gasteiger partial charge in [0, 0.05) is 18.6 Å². The SMILES string of the molecule is COC(=O)[C@H]1CC=C([n+]2ccccc2)C[C@@H]1C(=O)OC. The zero-order valence-electron chi connectivity index (χ0n) is 11.6. The molecule has 0 amide bonds. The quantitative estimate of drug-likeness (QED) is 0.614. The van der Waals surface area contributed by atoms with Crippen molar-refractivity contribution in [3.63, 3.8) is 0 Å². The first-order valence-electron chi connectivity index (χ1n) is 6.48. The Hall–Kier alpha value is -2.17. The largest absolute Gasteiger partial charge is 0.469 e. The van der Waals surface area contributed by atoms with E-state index in [1.807, 2.05) is 41.2 Å². The third-order valence-electron chi connectivity index (χ3n) is 3.58. The van der Waals surface area contributed by atoms with Crippen LogP contribution in [0.2, 0.25) is 0 Å². The van der Waals surface area contributed by atoms with Crippen molar-refractivity contribution in [1.29, 1.82) is 0 Å². The van der Waals surface area contributed by atoms with Crippen molar-refractivity contribution < 1.29 is 23.6 Å². The maximum absolute atomic E-state index is 11.9. The van der Waals surface area contributed by atoms with Gasteiger partial charge in [-0.2, -0.15) is 4.57 Å². The molecule has 0 N–H and O–H groups in total. The lowest BCUT2D eigenvalue weighted by atomic mass is 9.81. The van der Waals surface area contributed by atoms with Gasteiger partial charge >= 0.3 is 11.9 Å². The normalized spacial score (nSPS) is 21.8. The van der Waals surface area contributed by atoms with Crippen LogP contribution in [0.15, 0.2) is 36.7 Å². The van der Waals surface area contributed by atoms with E-state index in [0.717, 1.165) is 5.70 Å². The van der Waals surface area contributed by atoms with Gasteiger partial charge in [0.15, 0.2) is 18.1 Å². The summed E-state index contributed by atoms with van der Waals surface area (Å²) < 4.78 is 11.5. The number of carbonyl (C=O) groups is 2. The Bertz CT molecular complexity index is 524. The molecule has 1 aliphatic rings. The minimum absolute atomic E-state index is 0.367. The highest BCUT2D eigenvalue weighted by molar-refractivity contribution is 5.83. The van der Waals surface area contributed by atoms with E-state index in [-0.39, 0.29) is 11.9 Å². The Morgan fingerprint density at radius 3 is 2.25 bits per heavy atom. The van der Waals surface area contributed by atoms with Crippen LogP contribution in [-0.4, -0.2) is 26.2 Å². The fourth-order valence-electron chi connectivity index (χ4n) is 2.49. The predicted octanol–water partition coefficient (Wildman–Crippen LogP) is 1.19. The fourth-order valence-corrected chi connectivity index (χ4v) is 2.49. The highest BCUT2D eigenvalue weighted by Crippen LogP contribution is 2.31. The number of pyridine rings is 1. The number of aromatic nitrogens is 1. The monoisotopic (exact) mass is 276 g/mol. The molecule has 1 heterocycles. The first-order chi connectivity index (χ1) is 9.67. The summed E-state index contributed by atoms with van der Waals surface area (Å²) in [6.07, 6.45) is 6.74. The first kappa shape index (κ1) is 14.2. The molecule has 0 saturated heterocycles. The maximum atomic E-state index is 11.9. The van der Waals surface area contributed by atoms with Crippen molar-refractivity contribution >= 4 is 17.6 Å². The third-order valence-corrected chi connectivity index (χ3v) is 3.58. The summed E-state index contributed by atoms with van der Waals surface area (Å²) in [4.78, 5) is 23.7. The second kappa shape index (κ2) is 6.32. The van der Waals surface area contributed by atoms with Gasteiger partial charge in [0.1, 0.15) is 0 Å². The Morgan fingerprint density at radius 2 is 1.65 bits per heavy atom. The zero-order valence-corrected chi connectivity index (χ0v) is 11.6. The minimum Gasteiger partial charge on any atom is -0.469 e. The fraction of sp³-hybridized carbons (Fsp3) is 0.400. The molecule has 2 rings (SSSR count). The molecule has 0 aromatic carbocycles. The summed E-state index contributed by atoms with van der Waals surface area (Å²) >= 11 is 0. The molecule has 20 heavy (non-hydrogen) atoms. The number of hydrogen-bond donors (Lipinski definition) is 0. The molecule has 0 bridgehead atoms. The summed E-state index contributed by atoms with van der Waals surface area (Å²) in [5.74, 6) is -1.71. The lowest BCUT2D eigenvalue weighted by molar-refractivity contribution is -0.584. The second-order valence-electron chi connectivity index (χ2n) is 4.68. The lowest BCUT2D eigenvalue weighted by Gasteiger charge is -2.25. The van der Waals surface area contributed by atoms with Gasteiger partial charge in [-0.3, -0.25) is 9.59 Å². The van der Waals surface area contributed by atoms with Gasteiger partial charge in [0.05, 0.1) is 26.1 Å². The number of hydrogen-bond acceptors (Lipinski definition) is 4. The number of esters is 2. The molecule has 5 heteroatoms. The van der Waals surface area contributed by atoms with Crippen molar-refractivity contribution in [2.45, 2.75) is 12.8 Å². The summed E-state index contributed by atoms with van der Waals surface area (Å²) in [6.45, 7) is 0. The lowest BCUT2D eigenvalue weighted by Crippen LogP contribution is -2.40. The molecule has 0 aliphatic heterocycles. The van der Waals surface area contributed by atoms with E-state index >= 15 is 0 Å². The van der Waals surface area contributed by atoms with Gasteiger partial charge in [-0.05, 0) is 12.5 Å². The van der Waals surface area contributed by atoms with Gasteiger partial charge in [0.25, 0.3) is 0 Å². The minimum atomic E-state index is -0.500. The molecule has 0 radical (unpaired) electrons. The Morgan fingerprint density at radius 1 is 1.05 bits per heavy atom. The van der Waals surface area contributed by atoms with Crippen LogP contribution in [0.3, 0.4) is 0 Å². The van der Waals surface area contributed by atoms with E-state index in [2.05, 4.69) is 0 Å². The highest BCUT2D eigenvalue weighted by atomic mass is 16.5. The summed E-state index contributed by atoms with van der Waals surface area (Å²) in [5.41, 5.74) is 0.987. The molecular weight excluding hydrogens is 258 g/mol. The topological polar surface area (TPSA) is 56.5 Å². The molecule has 0 saturated carbocycles. The van der Waals surface area contributed by atoms with Crippen molar-refractivity contribution in [2.24, 2.45) is 11.8 Å². The standard InChI is InChI=1S/C15H18NO4/c1-19-14(17)12-7-6-11(10-13(12)15(18)20-2)16-8-4-3-5-9-16/h3-6,8-9,12-13H,7,10H2,1-2H3/q+1/t12-,13-/m0/s1. The Labute approximate surface area is 117 Å². The van der Waals surface area contributed by atoms with Crippen LogP contribution in [0.4, 0.5) is 0 Å². The zero-order chi connectivity index (χ0) is 14.5. The predicted molar refractivity (Wildman–Crippen MR) is 71.2 cm³/mol. The number of nitrogens with zero attached hydrogens (tertiary/aromatic N) is 1. The van der Waals surface area contributed by atoms with E-state index in [1.54, 1.807) is 0 Å². The van der Waals surface area contributed by atoms with Crippen molar-refractivity contribution in [1.82, 2.24) is 0 Å². The number of carbonyl (C=O) groups excluding carboxylic acids is 2. The molecule has 1 aromatic rings. The highest BCUT2D eigenvalue weighted by Gasteiger charge is 2.40.